The number of rotatable bonds is 5. The summed E-state index contributed by atoms with van der Waals surface area (Å²) in [5.41, 5.74) is 1.76. The minimum Gasteiger partial charge on any atom is -0.479 e. The van der Waals surface area contributed by atoms with Crippen LogP contribution in [-0.4, -0.2) is 35.0 Å². The Morgan fingerprint density at radius 1 is 1.33 bits per heavy atom. The van der Waals surface area contributed by atoms with Crippen molar-refractivity contribution < 1.29 is 9.53 Å². The molecule has 1 aromatic rings. The highest BCUT2D eigenvalue weighted by molar-refractivity contribution is 5.80. The molecule has 0 fully saturated rings. The summed E-state index contributed by atoms with van der Waals surface area (Å²) in [5, 5.41) is 0. The Bertz CT molecular complexity index is 414. The van der Waals surface area contributed by atoms with Gasteiger partial charge in [-0.1, -0.05) is 0 Å². The van der Waals surface area contributed by atoms with Crippen LogP contribution in [0.5, 0.6) is 5.75 Å². The van der Waals surface area contributed by atoms with Crippen molar-refractivity contribution in [2.45, 2.75) is 40.7 Å². The van der Waals surface area contributed by atoms with Crippen LogP contribution in [0.3, 0.4) is 0 Å². The van der Waals surface area contributed by atoms with Crippen molar-refractivity contribution in [3.63, 3.8) is 0 Å². The molecule has 18 heavy (non-hydrogen) atoms. The number of hydrogen-bond acceptors (Lipinski definition) is 3. The maximum atomic E-state index is 12.1. The smallest absolute Gasteiger partial charge is 0.263 e. The van der Waals surface area contributed by atoms with E-state index < -0.39 is 6.10 Å². The summed E-state index contributed by atoms with van der Waals surface area (Å²) in [6, 6.07) is 3.75. The Kier molecular flexibility index (Phi) is 5.13. The SMILES string of the molecule is CCN(CC)C(=O)C(C)Oc1ccc(C)nc1C. The Morgan fingerprint density at radius 2 is 1.94 bits per heavy atom. The lowest BCUT2D eigenvalue weighted by Gasteiger charge is -2.23. The molecule has 0 aliphatic rings. The lowest BCUT2D eigenvalue weighted by atomic mass is 10.3. The molecule has 1 heterocycles. The first-order chi connectivity index (χ1) is 8.49. The van der Waals surface area contributed by atoms with Crippen LogP contribution in [-0.2, 0) is 4.79 Å². The van der Waals surface area contributed by atoms with E-state index in [1.165, 1.54) is 0 Å². The third-order valence-electron chi connectivity index (χ3n) is 2.90. The average molecular weight is 250 g/mol. The molecule has 0 saturated heterocycles. The van der Waals surface area contributed by atoms with Gasteiger partial charge in [-0.2, -0.15) is 0 Å². The predicted molar refractivity (Wildman–Crippen MR) is 71.7 cm³/mol. The number of carbonyl (C=O) groups is 1. The maximum Gasteiger partial charge on any atom is 0.263 e. The number of hydrogen-bond donors (Lipinski definition) is 0. The van der Waals surface area contributed by atoms with E-state index in [0.717, 1.165) is 11.4 Å². The predicted octanol–water partition coefficient (Wildman–Crippen LogP) is 2.33. The number of ether oxygens (including phenoxy) is 1. The van der Waals surface area contributed by atoms with E-state index in [9.17, 15) is 4.79 Å². The number of aryl methyl sites for hydroxylation is 2. The molecule has 0 aliphatic heterocycles. The van der Waals surface area contributed by atoms with Gasteiger partial charge in [0.05, 0.1) is 5.69 Å². The third-order valence-corrected chi connectivity index (χ3v) is 2.90. The number of carbonyl (C=O) groups excluding carboxylic acids is 1. The largest absolute Gasteiger partial charge is 0.479 e. The zero-order valence-corrected chi connectivity index (χ0v) is 11.9. The van der Waals surface area contributed by atoms with Crippen molar-refractivity contribution in [3.8, 4) is 5.75 Å². The number of amides is 1. The molecule has 1 unspecified atom stereocenters. The Balaban J connectivity index is 2.75. The van der Waals surface area contributed by atoms with E-state index in [0.29, 0.717) is 18.8 Å². The topological polar surface area (TPSA) is 42.4 Å². The summed E-state index contributed by atoms with van der Waals surface area (Å²) in [6.45, 7) is 10.9. The van der Waals surface area contributed by atoms with Crippen molar-refractivity contribution >= 4 is 5.91 Å². The Hall–Kier alpha value is -1.58. The Morgan fingerprint density at radius 3 is 2.44 bits per heavy atom. The fourth-order valence-electron chi connectivity index (χ4n) is 1.83. The molecule has 4 nitrogen and oxygen atoms in total. The summed E-state index contributed by atoms with van der Waals surface area (Å²) in [5.74, 6) is 0.689. The van der Waals surface area contributed by atoms with E-state index >= 15 is 0 Å². The van der Waals surface area contributed by atoms with Crippen molar-refractivity contribution in [1.82, 2.24) is 9.88 Å². The van der Waals surface area contributed by atoms with E-state index in [1.807, 2.05) is 39.8 Å². The van der Waals surface area contributed by atoms with Gasteiger partial charge in [-0.3, -0.25) is 9.78 Å². The van der Waals surface area contributed by atoms with Gasteiger partial charge >= 0.3 is 0 Å². The second-order valence-corrected chi connectivity index (χ2v) is 4.31. The minimum atomic E-state index is -0.479. The molecule has 1 amide bonds. The van der Waals surface area contributed by atoms with Crippen LogP contribution in [0.25, 0.3) is 0 Å². The molecular formula is C14H22N2O2. The third kappa shape index (κ3) is 3.45. The van der Waals surface area contributed by atoms with E-state index in [2.05, 4.69) is 4.98 Å². The summed E-state index contributed by atoms with van der Waals surface area (Å²) >= 11 is 0. The van der Waals surface area contributed by atoms with Crippen molar-refractivity contribution in [3.05, 3.63) is 23.5 Å². The van der Waals surface area contributed by atoms with E-state index in [4.69, 9.17) is 4.74 Å². The first-order valence-electron chi connectivity index (χ1n) is 6.39. The second-order valence-electron chi connectivity index (χ2n) is 4.31. The lowest BCUT2D eigenvalue weighted by molar-refractivity contribution is -0.137. The lowest BCUT2D eigenvalue weighted by Crippen LogP contribution is -2.40. The first-order valence-corrected chi connectivity index (χ1v) is 6.39. The number of nitrogens with zero attached hydrogens (tertiary/aromatic N) is 2. The molecule has 0 bridgehead atoms. The molecule has 1 atom stereocenters. The van der Waals surface area contributed by atoms with Gasteiger partial charge in [0.25, 0.3) is 5.91 Å². The van der Waals surface area contributed by atoms with Crippen LogP contribution in [0.2, 0.25) is 0 Å². The molecule has 100 valence electrons. The summed E-state index contributed by atoms with van der Waals surface area (Å²) in [6.07, 6.45) is -0.479. The Labute approximate surface area is 109 Å². The average Bonchev–Trinajstić information content (AvgIpc) is 2.34. The van der Waals surface area contributed by atoms with Crippen LogP contribution in [0.4, 0.5) is 0 Å². The highest BCUT2D eigenvalue weighted by atomic mass is 16.5. The van der Waals surface area contributed by atoms with Crippen LogP contribution >= 0.6 is 0 Å². The van der Waals surface area contributed by atoms with Crippen molar-refractivity contribution in [2.24, 2.45) is 0 Å². The molecule has 0 saturated carbocycles. The zero-order valence-electron chi connectivity index (χ0n) is 11.9. The number of aromatic nitrogens is 1. The van der Waals surface area contributed by atoms with Gasteiger partial charge in [0, 0.05) is 18.8 Å². The standard InChI is InChI=1S/C14H22N2O2/c1-6-16(7-2)14(17)12(5)18-13-9-8-10(3)15-11(13)4/h8-9,12H,6-7H2,1-5H3. The van der Waals surface area contributed by atoms with Crippen LogP contribution in [0.15, 0.2) is 12.1 Å². The van der Waals surface area contributed by atoms with E-state index in [-0.39, 0.29) is 5.91 Å². The molecular weight excluding hydrogens is 228 g/mol. The van der Waals surface area contributed by atoms with Crippen LogP contribution in [0.1, 0.15) is 32.2 Å². The van der Waals surface area contributed by atoms with Gasteiger partial charge in [0.15, 0.2) is 6.10 Å². The molecule has 1 rings (SSSR count). The molecule has 0 aliphatic carbocycles. The van der Waals surface area contributed by atoms with Gasteiger partial charge in [-0.15, -0.1) is 0 Å². The van der Waals surface area contributed by atoms with Gasteiger partial charge < -0.3 is 9.64 Å². The molecule has 0 N–H and O–H groups in total. The van der Waals surface area contributed by atoms with Gasteiger partial charge in [0.2, 0.25) is 0 Å². The summed E-state index contributed by atoms with van der Waals surface area (Å²) in [4.78, 5) is 18.2. The normalized spacial score (nSPS) is 12.1. The molecule has 0 aromatic carbocycles. The van der Waals surface area contributed by atoms with Crippen molar-refractivity contribution in [2.75, 3.05) is 13.1 Å². The van der Waals surface area contributed by atoms with Crippen LogP contribution < -0.4 is 4.74 Å². The van der Waals surface area contributed by atoms with Gasteiger partial charge in [0.1, 0.15) is 5.75 Å². The maximum absolute atomic E-state index is 12.1. The monoisotopic (exact) mass is 250 g/mol. The number of pyridine rings is 1. The highest BCUT2D eigenvalue weighted by Crippen LogP contribution is 2.17. The van der Waals surface area contributed by atoms with Gasteiger partial charge in [-0.05, 0) is 46.8 Å². The zero-order chi connectivity index (χ0) is 13.7. The summed E-state index contributed by atoms with van der Waals surface area (Å²) in [7, 11) is 0. The fraction of sp³-hybridized carbons (Fsp3) is 0.571. The minimum absolute atomic E-state index is 0.0139. The van der Waals surface area contributed by atoms with Crippen molar-refractivity contribution in [1.29, 1.82) is 0 Å². The first kappa shape index (κ1) is 14.5. The quantitative estimate of drug-likeness (QED) is 0.805. The molecule has 1 aromatic heterocycles. The van der Waals surface area contributed by atoms with E-state index in [1.54, 1.807) is 11.8 Å². The molecule has 0 radical (unpaired) electrons. The second kappa shape index (κ2) is 6.38. The summed E-state index contributed by atoms with van der Waals surface area (Å²) < 4.78 is 5.69. The highest BCUT2D eigenvalue weighted by Gasteiger charge is 2.20. The van der Waals surface area contributed by atoms with Crippen LogP contribution in [0, 0.1) is 13.8 Å². The number of likely N-dealkylation sites (N-methyl/N-ethyl adjacent to an activating group) is 1. The fourth-order valence-corrected chi connectivity index (χ4v) is 1.83. The van der Waals surface area contributed by atoms with Gasteiger partial charge in [-0.25, -0.2) is 0 Å². The molecule has 0 spiro atoms. The molecule has 4 heteroatoms.